The van der Waals surface area contributed by atoms with E-state index >= 15 is 0 Å². The van der Waals surface area contributed by atoms with Crippen molar-refractivity contribution in [2.75, 3.05) is 12.4 Å². The third-order valence-electron chi connectivity index (χ3n) is 2.23. The quantitative estimate of drug-likeness (QED) is 0.838. The normalized spacial score (nSPS) is 11.6. The molecule has 0 atom stereocenters. The fourth-order valence-electron chi connectivity index (χ4n) is 1.42. The number of nitrogens with one attached hydrogen (secondary N) is 1. The van der Waals surface area contributed by atoms with E-state index in [-0.39, 0.29) is 5.56 Å². The van der Waals surface area contributed by atoms with Crippen LogP contribution < -0.4 is 5.32 Å². The Balaban J connectivity index is 2.48. The molecule has 2 nitrogen and oxygen atoms in total. The smallest absolute Gasteiger partial charge is 0.365 e. The Morgan fingerprint density at radius 3 is 2.50 bits per heavy atom. The SMILES string of the molecule is CNc1ncc(-c2cc(F)cc(C(F)(F)F)c2)s1. The fraction of sp³-hybridized carbons (Fsp3) is 0.182. The molecule has 96 valence electrons. The van der Waals surface area contributed by atoms with E-state index in [1.54, 1.807) is 7.05 Å². The van der Waals surface area contributed by atoms with Crippen LogP contribution in [0.15, 0.2) is 24.4 Å². The van der Waals surface area contributed by atoms with Gasteiger partial charge in [0.1, 0.15) is 5.82 Å². The van der Waals surface area contributed by atoms with Crippen LogP contribution in [-0.4, -0.2) is 12.0 Å². The van der Waals surface area contributed by atoms with Gasteiger partial charge in [-0.2, -0.15) is 13.2 Å². The van der Waals surface area contributed by atoms with Gasteiger partial charge in [-0.05, 0) is 23.8 Å². The van der Waals surface area contributed by atoms with Crippen molar-refractivity contribution in [3.63, 3.8) is 0 Å². The molecule has 1 aromatic carbocycles. The van der Waals surface area contributed by atoms with E-state index in [2.05, 4.69) is 10.3 Å². The second-order valence-electron chi connectivity index (χ2n) is 3.51. The fourth-order valence-corrected chi connectivity index (χ4v) is 2.18. The zero-order chi connectivity index (χ0) is 13.3. The number of halogens is 4. The molecule has 2 aromatic rings. The van der Waals surface area contributed by atoms with E-state index in [9.17, 15) is 17.6 Å². The molecule has 0 unspecified atom stereocenters. The molecule has 1 N–H and O–H groups in total. The Morgan fingerprint density at radius 2 is 1.94 bits per heavy atom. The minimum absolute atomic E-state index is 0.168. The standard InChI is InChI=1S/C11H8F4N2S/c1-16-10-17-5-9(18-10)6-2-7(11(13,14)15)4-8(12)3-6/h2-5H,1H3,(H,16,17). The van der Waals surface area contributed by atoms with Gasteiger partial charge in [0.2, 0.25) is 0 Å². The molecule has 0 saturated carbocycles. The second-order valence-corrected chi connectivity index (χ2v) is 4.54. The molecule has 2 rings (SSSR count). The van der Waals surface area contributed by atoms with Crippen LogP contribution in [-0.2, 0) is 6.18 Å². The number of hydrogen-bond acceptors (Lipinski definition) is 3. The third-order valence-corrected chi connectivity index (χ3v) is 3.29. The average Bonchev–Trinajstić information content (AvgIpc) is 2.75. The van der Waals surface area contributed by atoms with Crippen molar-refractivity contribution in [2.24, 2.45) is 0 Å². The van der Waals surface area contributed by atoms with E-state index < -0.39 is 17.6 Å². The highest BCUT2D eigenvalue weighted by Crippen LogP contribution is 2.35. The first-order valence-corrected chi connectivity index (χ1v) is 5.73. The summed E-state index contributed by atoms with van der Waals surface area (Å²) in [6.07, 6.45) is -3.15. The van der Waals surface area contributed by atoms with Crippen LogP contribution in [0, 0.1) is 5.82 Å². The van der Waals surface area contributed by atoms with Crippen molar-refractivity contribution >= 4 is 16.5 Å². The van der Waals surface area contributed by atoms with Gasteiger partial charge in [0.25, 0.3) is 0 Å². The summed E-state index contributed by atoms with van der Waals surface area (Å²) >= 11 is 1.16. The van der Waals surface area contributed by atoms with E-state index in [1.165, 1.54) is 6.20 Å². The van der Waals surface area contributed by atoms with Gasteiger partial charge >= 0.3 is 6.18 Å². The van der Waals surface area contributed by atoms with E-state index in [0.717, 1.165) is 23.5 Å². The predicted octanol–water partition coefficient (Wildman–Crippen LogP) is 4.01. The summed E-state index contributed by atoms with van der Waals surface area (Å²) in [6.45, 7) is 0. The molecule has 0 aliphatic rings. The predicted molar refractivity (Wildman–Crippen MR) is 62.1 cm³/mol. The van der Waals surface area contributed by atoms with Crippen LogP contribution in [0.5, 0.6) is 0 Å². The van der Waals surface area contributed by atoms with Crippen LogP contribution in [0.25, 0.3) is 10.4 Å². The highest BCUT2D eigenvalue weighted by Gasteiger charge is 2.31. The van der Waals surface area contributed by atoms with Crippen molar-refractivity contribution in [1.82, 2.24) is 4.98 Å². The summed E-state index contributed by atoms with van der Waals surface area (Å²) in [4.78, 5) is 4.41. The Kier molecular flexibility index (Phi) is 3.25. The van der Waals surface area contributed by atoms with Gasteiger partial charge in [0, 0.05) is 13.2 Å². The Bertz CT molecular complexity index is 562. The van der Waals surface area contributed by atoms with Crippen LogP contribution in [0.3, 0.4) is 0 Å². The minimum Gasteiger partial charge on any atom is -0.365 e. The number of hydrogen-bond donors (Lipinski definition) is 1. The maximum absolute atomic E-state index is 13.2. The summed E-state index contributed by atoms with van der Waals surface area (Å²) in [5.41, 5.74) is -0.835. The molecule has 1 aromatic heterocycles. The number of benzene rings is 1. The van der Waals surface area contributed by atoms with Crippen LogP contribution in [0.4, 0.5) is 22.7 Å². The molecule has 0 aliphatic carbocycles. The molecule has 7 heteroatoms. The van der Waals surface area contributed by atoms with Gasteiger partial charge in [-0.1, -0.05) is 11.3 Å². The lowest BCUT2D eigenvalue weighted by atomic mass is 10.1. The zero-order valence-corrected chi connectivity index (χ0v) is 9.99. The van der Waals surface area contributed by atoms with Gasteiger partial charge in [0.05, 0.1) is 10.4 Å². The first-order chi connectivity index (χ1) is 8.40. The van der Waals surface area contributed by atoms with Crippen molar-refractivity contribution in [3.8, 4) is 10.4 Å². The molecular weight excluding hydrogens is 268 g/mol. The van der Waals surface area contributed by atoms with Crippen LogP contribution in [0.1, 0.15) is 5.56 Å². The zero-order valence-electron chi connectivity index (χ0n) is 9.18. The molecule has 18 heavy (non-hydrogen) atoms. The minimum atomic E-state index is -4.56. The van der Waals surface area contributed by atoms with Gasteiger partial charge in [-0.25, -0.2) is 9.37 Å². The third kappa shape index (κ3) is 2.61. The van der Waals surface area contributed by atoms with Crippen molar-refractivity contribution in [1.29, 1.82) is 0 Å². The van der Waals surface area contributed by atoms with Crippen LogP contribution in [0.2, 0.25) is 0 Å². The van der Waals surface area contributed by atoms with Crippen molar-refractivity contribution in [3.05, 3.63) is 35.8 Å². The summed E-state index contributed by atoms with van der Waals surface area (Å²) in [6, 6.07) is 2.45. The number of anilines is 1. The number of nitrogens with zero attached hydrogens (tertiary/aromatic N) is 1. The van der Waals surface area contributed by atoms with Gasteiger partial charge in [0.15, 0.2) is 5.13 Å². The summed E-state index contributed by atoms with van der Waals surface area (Å²) in [5.74, 6) is -0.917. The van der Waals surface area contributed by atoms with Crippen LogP contribution >= 0.6 is 11.3 Å². The number of rotatable bonds is 2. The Morgan fingerprint density at radius 1 is 1.22 bits per heavy atom. The van der Waals surface area contributed by atoms with Gasteiger partial charge in [-0.3, -0.25) is 0 Å². The Labute approximate surface area is 104 Å². The topological polar surface area (TPSA) is 24.9 Å². The van der Waals surface area contributed by atoms with E-state index in [0.29, 0.717) is 16.1 Å². The number of alkyl halides is 3. The molecular formula is C11H8F4N2S. The number of thiazole rings is 1. The largest absolute Gasteiger partial charge is 0.416 e. The summed E-state index contributed by atoms with van der Waals surface area (Å²) in [5, 5.41) is 3.33. The maximum Gasteiger partial charge on any atom is 0.416 e. The monoisotopic (exact) mass is 276 g/mol. The van der Waals surface area contributed by atoms with Gasteiger partial charge < -0.3 is 5.32 Å². The molecule has 0 spiro atoms. The van der Waals surface area contributed by atoms with Crippen molar-refractivity contribution < 1.29 is 17.6 Å². The number of aromatic nitrogens is 1. The maximum atomic E-state index is 13.2. The molecule has 1 heterocycles. The van der Waals surface area contributed by atoms with Gasteiger partial charge in [-0.15, -0.1) is 0 Å². The van der Waals surface area contributed by atoms with E-state index in [1.807, 2.05) is 0 Å². The lowest BCUT2D eigenvalue weighted by molar-refractivity contribution is -0.137. The lowest BCUT2D eigenvalue weighted by Gasteiger charge is -2.08. The van der Waals surface area contributed by atoms with Crippen molar-refractivity contribution in [2.45, 2.75) is 6.18 Å². The summed E-state index contributed by atoms with van der Waals surface area (Å²) < 4.78 is 50.8. The molecule has 0 aliphatic heterocycles. The molecule has 0 saturated heterocycles. The molecule has 0 amide bonds. The first kappa shape index (κ1) is 12.8. The van der Waals surface area contributed by atoms with E-state index in [4.69, 9.17) is 0 Å². The highest BCUT2D eigenvalue weighted by molar-refractivity contribution is 7.18. The molecule has 0 fully saturated rings. The summed E-state index contributed by atoms with van der Waals surface area (Å²) in [7, 11) is 1.65. The molecule has 0 radical (unpaired) electrons. The molecule has 0 bridgehead atoms. The average molecular weight is 276 g/mol. The lowest BCUT2D eigenvalue weighted by Crippen LogP contribution is -2.05. The second kappa shape index (κ2) is 4.56. The first-order valence-electron chi connectivity index (χ1n) is 4.92. The highest BCUT2D eigenvalue weighted by atomic mass is 32.1. The Hall–Kier alpha value is -1.63.